The van der Waals surface area contributed by atoms with Crippen LogP contribution in [-0.4, -0.2) is 60.0 Å². The standard InChI is InChI=1S/C24H32N4.C17H20N4.C3H8O2/c1-7-19-15(2)8-16(3)23-21(19)12-28-14-27(23)10-18-9-22-20(17(4)24(18)28)11-25(5)13-26(22)6;1-10-3-14(18)5-12-7-21-9-20(16(10)12)8-13-6-15(19)4-11(2)17(13)21;1-4-3-5-2/h8-9H,7,10-14H2,1-6H3;3-6H,7-9,18-19H2,1-2H3;3H2,1-2H3. The van der Waals surface area contributed by atoms with Crippen molar-refractivity contribution in [3.8, 4) is 0 Å². The number of nitrogens with two attached hydrogens (primary N) is 2. The smallest absolute Gasteiger partial charge is 0.145 e. The van der Waals surface area contributed by atoms with E-state index in [4.69, 9.17) is 11.5 Å². The third-order valence-electron chi connectivity index (χ3n) is 11.7. The normalized spacial score (nSPS) is 16.3. The number of fused-ring (bicyclic) bond motifs is 13. The number of aryl methyl sites for hydroxylation is 4. The average molecular weight is 733 g/mol. The average Bonchev–Trinajstić information content (AvgIpc) is 3.09. The highest BCUT2D eigenvalue weighted by Gasteiger charge is 2.36. The molecule has 288 valence electrons. The van der Waals surface area contributed by atoms with E-state index in [-0.39, 0.29) is 0 Å². The number of ether oxygens (including phenoxy) is 2. The molecule has 0 atom stereocenters. The lowest BCUT2D eigenvalue weighted by Crippen LogP contribution is -2.48. The van der Waals surface area contributed by atoms with E-state index < -0.39 is 0 Å². The summed E-state index contributed by atoms with van der Waals surface area (Å²) < 4.78 is 8.94. The molecule has 0 radical (unpaired) electrons. The van der Waals surface area contributed by atoms with Crippen molar-refractivity contribution in [2.45, 2.75) is 80.7 Å². The Balaban J connectivity index is 0.000000153. The third-order valence-corrected chi connectivity index (χ3v) is 11.7. The van der Waals surface area contributed by atoms with Gasteiger partial charge in [0.2, 0.25) is 0 Å². The first-order valence-electron chi connectivity index (χ1n) is 19.3. The van der Waals surface area contributed by atoms with E-state index in [0.29, 0.717) is 6.79 Å². The predicted octanol–water partition coefficient (Wildman–Crippen LogP) is 7.31. The minimum absolute atomic E-state index is 0.389. The molecule has 0 saturated carbocycles. The van der Waals surface area contributed by atoms with E-state index in [2.05, 4.69) is 131 Å². The van der Waals surface area contributed by atoms with Crippen LogP contribution in [-0.2, 0) is 48.6 Å². The summed E-state index contributed by atoms with van der Waals surface area (Å²) in [5.74, 6) is 0. The van der Waals surface area contributed by atoms with Gasteiger partial charge in [0.1, 0.15) is 6.79 Å². The highest BCUT2D eigenvalue weighted by Crippen LogP contribution is 2.47. The van der Waals surface area contributed by atoms with E-state index >= 15 is 0 Å². The van der Waals surface area contributed by atoms with Crippen LogP contribution in [0, 0.1) is 34.6 Å². The molecule has 4 aromatic rings. The van der Waals surface area contributed by atoms with E-state index in [1.54, 1.807) is 25.3 Å². The molecule has 54 heavy (non-hydrogen) atoms. The fraction of sp³-hybridized carbons (Fsp3) is 0.455. The fourth-order valence-electron chi connectivity index (χ4n) is 10.0. The van der Waals surface area contributed by atoms with Gasteiger partial charge in [0.05, 0.1) is 20.0 Å². The quantitative estimate of drug-likeness (QED) is 0.165. The zero-order valence-electron chi connectivity index (χ0n) is 34.2. The number of hydrogen-bond acceptors (Lipinski definition) is 10. The molecule has 0 aliphatic carbocycles. The first-order chi connectivity index (χ1) is 25.8. The fourth-order valence-corrected chi connectivity index (χ4v) is 10.0. The van der Waals surface area contributed by atoms with Crippen LogP contribution >= 0.6 is 0 Å². The Morgan fingerprint density at radius 1 is 0.556 bits per heavy atom. The second-order valence-corrected chi connectivity index (χ2v) is 16.0. The predicted molar refractivity (Wildman–Crippen MR) is 226 cm³/mol. The molecule has 0 unspecified atom stereocenters. The molecular formula is C44H60N8O2. The first-order valence-corrected chi connectivity index (χ1v) is 19.3. The molecule has 5 aliphatic rings. The topological polar surface area (TPSA) is 89.9 Å². The van der Waals surface area contributed by atoms with Crippen molar-refractivity contribution < 1.29 is 9.47 Å². The van der Waals surface area contributed by atoms with Crippen LogP contribution in [0.5, 0.6) is 0 Å². The molecule has 0 aromatic heterocycles. The maximum Gasteiger partial charge on any atom is 0.145 e. The molecule has 0 saturated heterocycles. The number of benzene rings is 4. The summed E-state index contributed by atoms with van der Waals surface area (Å²) in [5.41, 5.74) is 36.5. The second-order valence-electron chi connectivity index (χ2n) is 16.0. The lowest BCUT2D eigenvalue weighted by atomic mass is 9.88. The molecule has 4 bridgehead atoms. The van der Waals surface area contributed by atoms with Gasteiger partial charge in [-0.25, -0.2) is 0 Å². The summed E-state index contributed by atoms with van der Waals surface area (Å²) in [6.45, 7) is 21.8. The Labute approximate surface area is 322 Å². The number of nitrogens with zero attached hydrogens (tertiary/aromatic N) is 6. The summed E-state index contributed by atoms with van der Waals surface area (Å²) in [6.07, 6.45) is 1.11. The van der Waals surface area contributed by atoms with Crippen molar-refractivity contribution in [3.05, 3.63) is 97.6 Å². The zero-order chi connectivity index (χ0) is 38.6. The van der Waals surface area contributed by atoms with E-state index in [9.17, 15) is 0 Å². The molecule has 5 heterocycles. The van der Waals surface area contributed by atoms with Crippen LogP contribution in [0.15, 0.2) is 36.4 Å². The van der Waals surface area contributed by atoms with Gasteiger partial charge in [0.25, 0.3) is 0 Å². The zero-order valence-corrected chi connectivity index (χ0v) is 34.2. The summed E-state index contributed by atoms with van der Waals surface area (Å²) in [7, 11) is 7.61. The molecule has 9 rings (SSSR count). The number of hydrogen-bond donors (Lipinski definition) is 2. The molecule has 0 amide bonds. The number of anilines is 7. The largest absolute Gasteiger partial charge is 0.399 e. The Kier molecular flexibility index (Phi) is 10.4. The van der Waals surface area contributed by atoms with Crippen LogP contribution in [0.1, 0.15) is 68.1 Å². The highest BCUT2D eigenvalue weighted by atomic mass is 16.6. The van der Waals surface area contributed by atoms with E-state index in [1.807, 2.05) is 0 Å². The van der Waals surface area contributed by atoms with Gasteiger partial charge in [0, 0.05) is 93.8 Å². The van der Waals surface area contributed by atoms with Crippen LogP contribution in [0.4, 0.5) is 39.8 Å². The Morgan fingerprint density at radius 3 is 1.57 bits per heavy atom. The Hall–Kier alpha value is -4.64. The van der Waals surface area contributed by atoms with Gasteiger partial charge in [-0.3, -0.25) is 4.90 Å². The maximum absolute atomic E-state index is 6.02. The van der Waals surface area contributed by atoms with Crippen LogP contribution in [0.3, 0.4) is 0 Å². The second kappa shape index (κ2) is 14.9. The van der Waals surface area contributed by atoms with Crippen molar-refractivity contribution in [1.82, 2.24) is 4.90 Å². The monoisotopic (exact) mass is 732 g/mol. The molecule has 4 N–H and O–H groups in total. The summed E-state index contributed by atoms with van der Waals surface area (Å²) in [5, 5.41) is 0. The van der Waals surface area contributed by atoms with Gasteiger partial charge >= 0.3 is 0 Å². The van der Waals surface area contributed by atoms with Gasteiger partial charge in [-0.05, 0) is 140 Å². The summed E-state index contributed by atoms with van der Waals surface area (Å²) in [4.78, 5) is 14.9. The minimum Gasteiger partial charge on any atom is -0.399 e. The number of nitrogen functional groups attached to an aromatic ring is 2. The van der Waals surface area contributed by atoms with Crippen molar-refractivity contribution >= 4 is 39.8 Å². The molecule has 10 heteroatoms. The van der Waals surface area contributed by atoms with Gasteiger partial charge < -0.3 is 45.4 Å². The Morgan fingerprint density at radius 2 is 1.06 bits per heavy atom. The molecule has 10 nitrogen and oxygen atoms in total. The SMILES string of the molecule is CCc1c(C)cc(C)c2c1CN1CN2Cc2cc3c(c(C)c21)CN(C)CN3C.COCOC.Cc1cc(N)cc2c1N1Cc3cc(N)cc(C)c3N(C2)C1. The van der Waals surface area contributed by atoms with Crippen molar-refractivity contribution in [2.75, 3.05) is 91.1 Å². The Bertz CT molecular complexity index is 2010. The lowest BCUT2D eigenvalue weighted by molar-refractivity contribution is -0.00272. The maximum atomic E-state index is 6.02. The van der Waals surface area contributed by atoms with E-state index in [0.717, 1.165) is 70.5 Å². The minimum atomic E-state index is 0.389. The number of rotatable bonds is 3. The third kappa shape index (κ3) is 6.69. The number of methoxy groups -OCH3 is 2. The van der Waals surface area contributed by atoms with Gasteiger partial charge in [0.15, 0.2) is 0 Å². The van der Waals surface area contributed by atoms with E-state index in [1.165, 1.54) is 78.5 Å². The van der Waals surface area contributed by atoms with Crippen molar-refractivity contribution in [1.29, 1.82) is 0 Å². The van der Waals surface area contributed by atoms with Crippen LogP contribution in [0.2, 0.25) is 0 Å². The molecular weight excluding hydrogens is 673 g/mol. The van der Waals surface area contributed by atoms with Gasteiger partial charge in [-0.2, -0.15) is 0 Å². The summed E-state index contributed by atoms with van der Waals surface area (Å²) >= 11 is 0. The van der Waals surface area contributed by atoms with Crippen molar-refractivity contribution in [3.63, 3.8) is 0 Å². The van der Waals surface area contributed by atoms with Crippen LogP contribution in [0.25, 0.3) is 0 Å². The van der Waals surface area contributed by atoms with Gasteiger partial charge in [-0.15, -0.1) is 0 Å². The van der Waals surface area contributed by atoms with Crippen molar-refractivity contribution in [2.24, 2.45) is 0 Å². The highest BCUT2D eigenvalue weighted by molar-refractivity contribution is 5.79. The molecule has 5 aliphatic heterocycles. The van der Waals surface area contributed by atoms with Gasteiger partial charge in [-0.1, -0.05) is 13.0 Å². The molecule has 0 fully saturated rings. The first kappa shape index (κ1) is 37.7. The summed E-state index contributed by atoms with van der Waals surface area (Å²) in [6, 6.07) is 13.2. The van der Waals surface area contributed by atoms with Crippen LogP contribution < -0.4 is 36.0 Å². The molecule has 0 spiro atoms. The molecule has 4 aromatic carbocycles. The lowest BCUT2D eigenvalue weighted by Gasteiger charge is -2.48.